The second-order valence-corrected chi connectivity index (χ2v) is 3.12. The lowest BCUT2D eigenvalue weighted by molar-refractivity contribution is 0.627. The molecule has 0 aromatic carbocycles. The van der Waals surface area contributed by atoms with Gasteiger partial charge in [-0.2, -0.15) is 0 Å². The summed E-state index contributed by atoms with van der Waals surface area (Å²) in [5, 5.41) is 0. The van der Waals surface area contributed by atoms with Crippen molar-refractivity contribution in [2.75, 3.05) is 0 Å². The van der Waals surface area contributed by atoms with E-state index in [1.165, 1.54) is 0 Å². The second kappa shape index (κ2) is 3.43. The van der Waals surface area contributed by atoms with Gasteiger partial charge in [-0.05, 0) is 18.8 Å². The van der Waals surface area contributed by atoms with Gasteiger partial charge in [0.15, 0.2) is 0 Å². The van der Waals surface area contributed by atoms with E-state index in [0.717, 1.165) is 18.5 Å². The van der Waals surface area contributed by atoms with E-state index in [4.69, 9.17) is 11.5 Å². The Labute approximate surface area is 72.8 Å². The van der Waals surface area contributed by atoms with E-state index in [0.29, 0.717) is 17.3 Å². The van der Waals surface area contributed by atoms with E-state index in [1.54, 1.807) is 0 Å². The zero-order chi connectivity index (χ0) is 9.14. The lowest BCUT2D eigenvalue weighted by Gasteiger charge is -2.11. The van der Waals surface area contributed by atoms with Crippen molar-refractivity contribution in [2.45, 2.75) is 19.8 Å². The van der Waals surface area contributed by atoms with Crippen molar-refractivity contribution in [3.8, 4) is 0 Å². The van der Waals surface area contributed by atoms with Crippen LogP contribution in [0.15, 0.2) is 28.7 Å². The maximum absolute atomic E-state index is 5.85. The summed E-state index contributed by atoms with van der Waals surface area (Å²) in [6, 6.07) is 0. The van der Waals surface area contributed by atoms with Gasteiger partial charge in [0.25, 0.3) is 0 Å². The third-order valence-corrected chi connectivity index (χ3v) is 2.06. The zero-order valence-corrected chi connectivity index (χ0v) is 7.38. The Bertz CT molecular complexity index is 250. The van der Waals surface area contributed by atoms with Gasteiger partial charge in [-0.15, -0.1) is 0 Å². The lowest BCUT2D eigenvalue weighted by atomic mass is 10.0. The molecule has 3 heteroatoms. The standard InChI is InChI=1S/C9H15N3/c1-6-4-3-5-12-9(7(2)10)8(6)11/h5-6H,2-4,10-11H2,1H3. The highest BCUT2D eigenvalue weighted by molar-refractivity contribution is 5.61. The minimum Gasteiger partial charge on any atom is -0.400 e. The molecule has 0 bridgehead atoms. The maximum Gasteiger partial charge on any atom is 0.104 e. The van der Waals surface area contributed by atoms with E-state index >= 15 is 0 Å². The van der Waals surface area contributed by atoms with Crippen molar-refractivity contribution < 1.29 is 0 Å². The summed E-state index contributed by atoms with van der Waals surface area (Å²) in [5.41, 5.74) is 13.3. The predicted octanol–water partition coefficient (Wildman–Crippen LogP) is 1.13. The fourth-order valence-corrected chi connectivity index (χ4v) is 1.21. The molecular formula is C9H15N3. The van der Waals surface area contributed by atoms with Gasteiger partial charge in [-0.1, -0.05) is 13.5 Å². The van der Waals surface area contributed by atoms with E-state index in [-0.39, 0.29) is 0 Å². The molecule has 3 nitrogen and oxygen atoms in total. The SMILES string of the molecule is C=C(N)C1=C(N)C(C)CCC=N1. The normalized spacial score (nSPS) is 23.9. The fraction of sp³-hybridized carbons (Fsp3) is 0.444. The number of aliphatic imine (C=N–C) groups is 1. The predicted molar refractivity (Wildman–Crippen MR) is 51.4 cm³/mol. The summed E-state index contributed by atoms with van der Waals surface area (Å²) in [6.07, 6.45) is 3.84. The van der Waals surface area contributed by atoms with Gasteiger partial charge in [0, 0.05) is 11.9 Å². The molecule has 0 aromatic heterocycles. The zero-order valence-electron chi connectivity index (χ0n) is 7.38. The molecule has 1 atom stereocenters. The Hall–Kier alpha value is -1.25. The minimum absolute atomic E-state index is 0.350. The molecule has 1 aliphatic heterocycles. The van der Waals surface area contributed by atoms with Gasteiger partial charge < -0.3 is 11.5 Å². The van der Waals surface area contributed by atoms with Crippen molar-refractivity contribution in [3.05, 3.63) is 23.7 Å². The van der Waals surface area contributed by atoms with E-state index in [9.17, 15) is 0 Å². The summed E-state index contributed by atoms with van der Waals surface area (Å²) >= 11 is 0. The van der Waals surface area contributed by atoms with Crippen molar-refractivity contribution >= 4 is 6.21 Å². The maximum atomic E-state index is 5.85. The van der Waals surface area contributed by atoms with Crippen molar-refractivity contribution in [2.24, 2.45) is 22.4 Å². The van der Waals surface area contributed by atoms with Crippen molar-refractivity contribution in [3.63, 3.8) is 0 Å². The first-order valence-corrected chi connectivity index (χ1v) is 4.10. The number of rotatable bonds is 1. The fourth-order valence-electron chi connectivity index (χ4n) is 1.21. The number of allylic oxidation sites excluding steroid dienone is 1. The van der Waals surface area contributed by atoms with Crippen LogP contribution in [-0.4, -0.2) is 6.21 Å². The molecule has 1 heterocycles. The van der Waals surface area contributed by atoms with Crippen molar-refractivity contribution in [1.29, 1.82) is 0 Å². The topological polar surface area (TPSA) is 64.4 Å². The molecule has 0 aliphatic carbocycles. The Morgan fingerprint density at radius 3 is 3.00 bits per heavy atom. The smallest absolute Gasteiger partial charge is 0.104 e. The molecule has 66 valence electrons. The Balaban J connectivity index is 3.01. The summed E-state index contributed by atoms with van der Waals surface area (Å²) in [5.74, 6) is 0.350. The van der Waals surface area contributed by atoms with Crippen LogP contribution in [0, 0.1) is 5.92 Å². The molecule has 0 saturated carbocycles. The molecule has 0 fully saturated rings. The highest BCUT2D eigenvalue weighted by Crippen LogP contribution is 2.21. The van der Waals surface area contributed by atoms with Gasteiger partial charge in [0.2, 0.25) is 0 Å². The first-order valence-electron chi connectivity index (χ1n) is 4.10. The molecule has 0 saturated heterocycles. The van der Waals surface area contributed by atoms with Crippen LogP contribution >= 0.6 is 0 Å². The van der Waals surface area contributed by atoms with Gasteiger partial charge in [0.1, 0.15) is 5.70 Å². The molecule has 0 spiro atoms. The van der Waals surface area contributed by atoms with E-state index in [1.807, 2.05) is 6.21 Å². The van der Waals surface area contributed by atoms with E-state index in [2.05, 4.69) is 18.5 Å². The van der Waals surface area contributed by atoms with Crippen LogP contribution in [0.3, 0.4) is 0 Å². The van der Waals surface area contributed by atoms with Gasteiger partial charge in [-0.25, -0.2) is 0 Å². The molecular weight excluding hydrogens is 150 g/mol. The first kappa shape index (κ1) is 8.84. The number of nitrogens with two attached hydrogens (primary N) is 2. The second-order valence-electron chi connectivity index (χ2n) is 3.12. The molecule has 1 rings (SSSR count). The first-order chi connectivity index (χ1) is 5.63. The third kappa shape index (κ3) is 1.67. The van der Waals surface area contributed by atoms with Crippen LogP contribution in [0.2, 0.25) is 0 Å². The average Bonchev–Trinajstić information content (AvgIpc) is 2.15. The number of hydrogen-bond acceptors (Lipinski definition) is 3. The molecule has 12 heavy (non-hydrogen) atoms. The lowest BCUT2D eigenvalue weighted by Crippen LogP contribution is -2.13. The van der Waals surface area contributed by atoms with Crippen LogP contribution in [0.5, 0.6) is 0 Å². The van der Waals surface area contributed by atoms with Crippen LogP contribution in [-0.2, 0) is 0 Å². The minimum atomic E-state index is 0.350. The Morgan fingerprint density at radius 1 is 1.75 bits per heavy atom. The molecule has 0 aromatic rings. The highest BCUT2D eigenvalue weighted by atomic mass is 14.8. The van der Waals surface area contributed by atoms with Gasteiger partial charge in [0.05, 0.1) is 5.70 Å². The quantitative estimate of drug-likeness (QED) is 0.611. The molecule has 1 unspecified atom stereocenters. The third-order valence-electron chi connectivity index (χ3n) is 2.06. The van der Waals surface area contributed by atoms with Gasteiger partial charge in [-0.3, -0.25) is 4.99 Å². The van der Waals surface area contributed by atoms with Crippen LogP contribution < -0.4 is 11.5 Å². The number of hydrogen-bond donors (Lipinski definition) is 2. The molecule has 0 amide bonds. The van der Waals surface area contributed by atoms with Crippen LogP contribution in [0.1, 0.15) is 19.8 Å². The van der Waals surface area contributed by atoms with Gasteiger partial charge >= 0.3 is 0 Å². The highest BCUT2D eigenvalue weighted by Gasteiger charge is 2.13. The average molecular weight is 165 g/mol. The largest absolute Gasteiger partial charge is 0.400 e. The van der Waals surface area contributed by atoms with Crippen LogP contribution in [0.25, 0.3) is 0 Å². The van der Waals surface area contributed by atoms with E-state index < -0.39 is 0 Å². The molecule has 0 radical (unpaired) electrons. The molecule has 1 aliphatic rings. The summed E-state index contributed by atoms with van der Waals surface area (Å²) in [4.78, 5) is 4.16. The monoisotopic (exact) mass is 165 g/mol. The summed E-state index contributed by atoms with van der Waals surface area (Å²) in [6.45, 7) is 5.71. The van der Waals surface area contributed by atoms with Crippen LogP contribution in [0.4, 0.5) is 0 Å². The molecule has 4 N–H and O–H groups in total. The summed E-state index contributed by atoms with van der Waals surface area (Å²) < 4.78 is 0. The Morgan fingerprint density at radius 2 is 2.42 bits per heavy atom. The van der Waals surface area contributed by atoms with Crippen molar-refractivity contribution in [1.82, 2.24) is 0 Å². The number of nitrogens with zero attached hydrogens (tertiary/aromatic N) is 1. The Kier molecular flexibility index (Phi) is 2.53. The summed E-state index contributed by atoms with van der Waals surface area (Å²) in [7, 11) is 0.